The van der Waals surface area contributed by atoms with E-state index in [0.29, 0.717) is 0 Å². The smallest absolute Gasteiger partial charge is 0.335 e. The molecule has 0 saturated heterocycles. The van der Waals surface area contributed by atoms with Gasteiger partial charge in [-0.3, -0.25) is 0 Å². The Labute approximate surface area is 128 Å². The molecular formula is C14H10BrClO2S. The summed E-state index contributed by atoms with van der Waals surface area (Å²) in [6, 6.07) is 12.7. The van der Waals surface area contributed by atoms with Crippen molar-refractivity contribution in [2.75, 3.05) is 0 Å². The fourth-order valence-corrected chi connectivity index (χ4v) is 3.46. The van der Waals surface area contributed by atoms with Gasteiger partial charge in [0.05, 0.1) is 10.6 Å². The lowest BCUT2D eigenvalue weighted by molar-refractivity contribution is 0.0697. The van der Waals surface area contributed by atoms with Crippen LogP contribution in [0.4, 0.5) is 0 Å². The van der Waals surface area contributed by atoms with E-state index in [2.05, 4.69) is 15.9 Å². The Morgan fingerprint density at radius 1 is 1.26 bits per heavy atom. The van der Waals surface area contributed by atoms with E-state index in [1.54, 1.807) is 23.9 Å². The second-order valence-corrected chi connectivity index (χ2v) is 6.11. The quantitative estimate of drug-likeness (QED) is 0.774. The van der Waals surface area contributed by atoms with Crippen molar-refractivity contribution in [1.29, 1.82) is 0 Å². The molecule has 0 bridgehead atoms. The zero-order valence-corrected chi connectivity index (χ0v) is 12.9. The second kappa shape index (κ2) is 6.46. The highest BCUT2D eigenvalue weighted by molar-refractivity contribution is 9.10. The monoisotopic (exact) mass is 356 g/mol. The van der Waals surface area contributed by atoms with Gasteiger partial charge in [-0.1, -0.05) is 45.7 Å². The molecule has 0 unspecified atom stereocenters. The average molecular weight is 358 g/mol. The van der Waals surface area contributed by atoms with Crippen molar-refractivity contribution < 1.29 is 9.90 Å². The van der Waals surface area contributed by atoms with E-state index < -0.39 is 5.97 Å². The van der Waals surface area contributed by atoms with Crippen LogP contribution in [0.2, 0.25) is 5.02 Å². The van der Waals surface area contributed by atoms with Gasteiger partial charge in [0.2, 0.25) is 0 Å². The summed E-state index contributed by atoms with van der Waals surface area (Å²) in [5, 5.41) is 9.63. The molecule has 0 atom stereocenters. The fourth-order valence-electron chi connectivity index (χ4n) is 1.51. The summed E-state index contributed by atoms with van der Waals surface area (Å²) < 4.78 is 0.798. The number of benzene rings is 2. The van der Waals surface area contributed by atoms with Crippen LogP contribution in [0.3, 0.4) is 0 Å². The highest BCUT2D eigenvalue weighted by atomic mass is 79.9. The first-order valence-corrected chi connectivity index (χ1v) is 7.62. The molecule has 1 N–H and O–H groups in total. The van der Waals surface area contributed by atoms with Crippen molar-refractivity contribution in [3.63, 3.8) is 0 Å². The summed E-state index contributed by atoms with van der Waals surface area (Å²) in [5.74, 6) is -0.199. The summed E-state index contributed by atoms with van der Waals surface area (Å²) in [7, 11) is 0. The molecule has 2 rings (SSSR count). The molecule has 0 aromatic heterocycles. The van der Waals surface area contributed by atoms with E-state index in [9.17, 15) is 4.79 Å². The highest BCUT2D eigenvalue weighted by Crippen LogP contribution is 2.31. The third-order valence-electron chi connectivity index (χ3n) is 2.52. The summed E-state index contributed by atoms with van der Waals surface area (Å²) in [4.78, 5) is 11.9. The number of carbonyl (C=O) groups is 1. The van der Waals surface area contributed by atoms with E-state index in [4.69, 9.17) is 16.7 Å². The number of thioether (sulfide) groups is 1. The molecule has 2 aromatic rings. The Bertz CT molecular complexity index is 616. The summed E-state index contributed by atoms with van der Waals surface area (Å²) >= 11 is 11.1. The molecule has 19 heavy (non-hydrogen) atoms. The molecule has 0 fully saturated rings. The van der Waals surface area contributed by atoms with Crippen molar-refractivity contribution in [2.45, 2.75) is 10.6 Å². The van der Waals surface area contributed by atoms with Crippen LogP contribution in [0.25, 0.3) is 0 Å². The Morgan fingerprint density at radius 2 is 2.00 bits per heavy atom. The zero-order chi connectivity index (χ0) is 13.8. The van der Waals surface area contributed by atoms with Gasteiger partial charge in [-0.2, -0.15) is 0 Å². The number of hydrogen-bond acceptors (Lipinski definition) is 2. The first-order chi connectivity index (χ1) is 9.08. The lowest BCUT2D eigenvalue weighted by Gasteiger charge is -2.07. The van der Waals surface area contributed by atoms with Crippen LogP contribution in [0, 0.1) is 0 Å². The Balaban J connectivity index is 2.12. The lowest BCUT2D eigenvalue weighted by Crippen LogP contribution is -1.96. The van der Waals surface area contributed by atoms with Gasteiger partial charge in [-0.25, -0.2) is 4.79 Å². The molecule has 0 aliphatic carbocycles. The van der Waals surface area contributed by atoms with Crippen LogP contribution in [-0.4, -0.2) is 11.1 Å². The number of carboxylic acids is 1. The van der Waals surface area contributed by atoms with Crippen LogP contribution >= 0.6 is 39.3 Å². The summed E-state index contributed by atoms with van der Waals surface area (Å²) in [6.45, 7) is 0. The maximum atomic E-state index is 10.8. The third-order valence-corrected chi connectivity index (χ3v) is 4.82. The third kappa shape index (κ3) is 3.75. The maximum Gasteiger partial charge on any atom is 0.335 e. The van der Waals surface area contributed by atoms with Crippen molar-refractivity contribution >= 4 is 45.3 Å². The number of aromatic carboxylic acids is 1. The molecule has 5 heteroatoms. The minimum absolute atomic E-state index is 0.276. The topological polar surface area (TPSA) is 37.3 Å². The summed E-state index contributed by atoms with van der Waals surface area (Å²) in [5.41, 5.74) is 1.31. The highest BCUT2D eigenvalue weighted by Gasteiger charge is 2.08. The SMILES string of the molecule is O=C(O)c1ccc(CSc2ccccc2Cl)c(Br)c1. The molecule has 0 aliphatic heterocycles. The van der Waals surface area contributed by atoms with Gasteiger partial charge in [-0.05, 0) is 29.8 Å². The van der Waals surface area contributed by atoms with Gasteiger partial charge in [0.1, 0.15) is 0 Å². The fraction of sp³-hybridized carbons (Fsp3) is 0.0714. The van der Waals surface area contributed by atoms with E-state index in [1.165, 1.54) is 0 Å². The van der Waals surface area contributed by atoms with Gasteiger partial charge in [-0.15, -0.1) is 11.8 Å². The largest absolute Gasteiger partial charge is 0.478 e. The number of halogens is 2. The van der Waals surface area contributed by atoms with Gasteiger partial charge >= 0.3 is 5.97 Å². The summed E-state index contributed by atoms with van der Waals surface area (Å²) in [6.07, 6.45) is 0. The van der Waals surface area contributed by atoms with Gasteiger partial charge in [0.25, 0.3) is 0 Å². The molecule has 0 radical (unpaired) electrons. The Morgan fingerprint density at radius 3 is 2.63 bits per heavy atom. The predicted molar refractivity (Wildman–Crippen MR) is 82.1 cm³/mol. The first-order valence-electron chi connectivity index (χ1n) is 5.47. The van der Waals surface area contributed by atoms with E-state index in [1.807, 2.05) is 30.3 Å². The van der Waals surface area contributed by atoms with Crippen LogP contribution in [0.5, 0.6) is 0 Å². The molecule has 0 saturated carbocycles. The Hall–Kier alpha value is -0.970. The Kier molecular flexibility index (Phi) is 4.91. The molecule has 0 aliphatic rings. The number of rotatable bonds is 4. The number of hydrogen-bond donors (Lipinski definition) is 1. The van der Waals surface area contributed by atoms with Crippen molar-refractivity contribution in [2.24, 2.45) is 0 Å². The molecule has 98 valence electrons. The van der Waals surface area contributed by atoms with E-state index in [0.717, 1.165) is 25.7 Å². The van der Waals surface area contributed by atoms with Crippen molar-refractivity contribution in [3.8, 4) is 0 Å². The van der Waals surface area contributed by atoms with E-state index in [-0.39, 0.29) is 5.56 Å². The maximum absolute atomic E-state index is 10.8. The standard InChI is InChI=1S/C14H10BrClO2S/c15-11-7-9(14(17)18)5-6-10(11)8-19-13-4-2-1-3-12(13)16/h1-7H,8H2,(H,17,18). The van der Waals surface area contributed by atoms with Crippen LogP contribution in [-0.2, 0) is 5.75 Å². The minimum Gasteiger partial charge on any atom is -0.478 e. The lowest BCUT2D eigenvalue weighted by atomic mass is 10.1. The second-order valence-electron chi connectivity index (χ2n) is 3.83. The zero-order valence-electron chi connectivity index (χ0n) is 9.77. The molecule has 2 aromatic carbocycles. The first kappa shape index (κ1) is 14.4. The number of carboxylic acid groups (broad SMARTS) is 1. The minimum atomic E-state index is -0.925. The molecule has 0 heterocycles. The van der Waals surface area contributed by atoms with Gasteiger partial charge in [0, 0.05) is 15.1 Å². The normalized spacial score (nSPS) is 10.4. The van der Waals surface area contributed by atoms with E-state index >= 15 is 0 Å². The van der Waals surface area contributed by atoms with Crippen LogP contribution in [0.1, 0.15) is 15.9 Å². The van der Waals surface area contributed by atoms with Crippen LogP contribution < -0.4 is 0 Å². The molecule has 2 nitrogen and oxygen atoms in total. The van der Waals surface area contributed by atoms with Gasteiger partial charge < -0.3 is 5.11 Å². The molecule has 0 amide bonds. The van der Waals surface area contributed by atoms with Crippen LogP contribution in [0.15, 0.2) is 51.8 Å². The average Bonchev–Trinajstić information content (AvgIpc) is 2.39. The molecular weight excluding hydrogens is 348 g/mol. The predicted octanol–water partition coefficient (Wildman–Crippen LogP) is 5.09. The van der Waals surface area contributed by atoms with Crippen molar-refractivity contribution in [3.05, 3.63) is 63.1 Å². The molecule has 0 spiro atoms. The van der Waals surface area contributed by atoms with Crippen molar-refractivity contribution in [1.82, 2.24) is 0 Å². The van der Waals surface area contributed by atoms with Gasteiger partial charge in [0.15, 0.2) is 0 Å².